The summed E-state index contributed by atoms with van der Waals surface area (Å²) in [5.41, 5.74) is 11.9. The van der Waals surface area contributed by atoms with Crippen molar-refractivity contribution < 1.29 is 9.53 Å². The predicted octanol–water partition coefficient (Wildman–Crippen LogP) is 2.03. The minimum Gasteiger partial charge on any atom is -0.497 e. The van der Waals surface area contributed by atoms with Crippen LogP contribution in [0.3, 0.4) is 0 Å². The number of nitrogen functional groups attached to an aromatic ring is 1. The largest absolute Gasteiger partial charge is 0.497 e. The van der Waals surface area contributed by atoms with E-state index >= 15 is 0 Å². The molecule has 128 valence electrons. The maximum absolute atomic E-state index is 12.1. The molecule has 0 saturated heterocycles. The standard InChI is InChI=1S/C16H22N6O2/c1-16(2,3)20-13-12(17)14(19-9-18-13)21-22-15(23)10-5-7-11(24-4)8-6-10/h5-9H,17H2,1-4H3,(H,22,23)(H2,18,19,20,21). The molecule has 0 aliphatic rings. The summed E-state index contributed by atoms with van der Waals surface area (Å²) in [5, 5.41) is 3.18. The number of nitrogens with zero attached hydrogens (tertiary/aromatic N) is 2. The second-order valence-corrected chi connectivity index (χ2v) is 6.17. The van der Waals surface area contributed by atoms with E-state index in [9.17, 15) is 4.79 Å². The van der Waals surface area contributed by atoms with Gasteiger partial charge in [-0.25, -0.2) is 9.97 Å². The number of benzene rings is 1. The number of nitrogens with two attached hydrogens (primary N) is 1. The van der Waals surface area contributed by atoms with E-state index in [-0.39, 0.29) is 11.4 Å². The molecule has 0 fully saturated rings. The summed E-state index contributed by atoms with van der Waals surface area (Å²) >= 11 is 0. The van der Waals surface area contributed by atoms with Crippen molar-refractivity contribution in [3.63, 3.8) is 0 Å². The Bertz CT molecular complexity index is 709. The normalized spacial score (nSPS) is 10.8. The number of amides is 1. The fraction of sp³-hybridized carbons (Fsp3) is 0.312. The highest BCUT2D eigenvalue weighted by atomic mass is 16.5. The number of aromatic nitrogens is 2. The van der Waals surface area contributed by atoms with Crippen LogP contribution < -0.4 is 26.6 Å². The number of ether oxygens (including phenoxy) is 1. The second kappa shape index (κ2) is 7.03. The Balaban J connectivity index is 2.05. The zero-order chi connectivity index (χ0) is 17.7. The van der Waals surface area contributed by atoms with Gasteiger partial charge in [0.2, 0.25) is 0 Å². The molecule has 2 aromatic rings. The smallest absolute Gasteiger partial charge is 0.269 e. The second-order valence-electron chi connectivity index (χ2n) is 6.17. The molecular formula is C16H22N6O2. The van der Waals surface area contributed by atoms with Gasteiger partial charge >= 0.3 is 0 Å². The number of nitrogens with one attached hydrogen (secondary N) is 3. The number of methoxy groups -OCH3 is 1. The van der Waals surface area contributed by atoms with Crippen LogP contribution in [-0.4, -0.2) is 28.5 Å². The Labute approximate surface area is 140 Å². The van der Waals surface area contributed by atoms with E-state index in [0.717, 1.165) is 0 Å². The van der Waals surface area contributed by atoms with E-state index in [1.54, 1.807) is 31.4 Å². The van der Waals surface area contributed by atoms with Gasteiger partial charge < -0.3 is 15.8 Å². The van der Waals surface area contributed by atoms with Crippen LogP contribution in [0.15, 0.2) is 30.6 Å². The molecule has 0 spiro atoms. The Kier molecular flexibility index (Phi) is 5.08. The van der Waals surface area contributed by atoms with E-state index in [4.69, 9.17) is 10.5 Å². The molecule has 0 saturated carbocycles. The van der Waals surface area contributed by atoms with Crippen LogP contribution in [0.5, 0.6) is 5.75 Å². The number of hydrogen-bond donors (Lipinski definition) is 4. The summed E-state index contributed by atoms with van der Waals surface area (Å²) in [5.74, 6) is 1.18. The summed E-state index contributed by atoms with van der Waals surface area (Å²) in [4.78, 5) is 20.3. The minimum atomic E-state index is -0.319. The van der Waals surface area contributed by atoms with Crippen molar-refractivity contribution >= 4 is 23.2 Å². The number of anilines is 3. The lowest BCUT2D eigenvalue weighted by atomic mass is 10.1. The Morgan fingerprint density at radius 1 is 1.12 bits per heavy atom. The molecule has 0 bridgehead atoms. The van der Waals surface area contributed by atoms with Crippen molar-refractivity contribution in [1.82, 2.24) is 15.4 Å². The van der Waals surface area contributed by atoms with Crippen LogP contribution >= 0.6 is 0 Å². The van der Waals surface area contributed by atoms with Gasteiger partial charge in [0, 0.05) is 11.1 Å². The van der Waals surface area contributed by atoms with Crippen molar-refractivity contribution in [2.75, 3.05) is 23.6 Å². The van der Waals surface area contributed by atoms with E-state index < -0.39 is 0 Å². The molecule has 1 aromatic heterocycles. The Morgan fingerprint density at radius 2 is 1.75 bits per heavy atom. The molecule has 1 heterocycles. The lowest BCUT2D eigenvalue weighted by Crippen LogP contribution is -2.31. The Morgan fingerprint density at radius 3 is 2.33 bits per heavy atom. The third kappa shape index (κ3) is 4.48. The summed E-state index contributed by atoms with van der Waals surface area (Å²) in [6, 6.07) is 6.73. The summed E-state index contributed by atoms with van der Waals surface area (Å²) < 4.78 is 5.06. The van der Waals surface area contributed by atoms with E-state index in [1.807, 2.05) is 20.8 Å². The molecule has 8 nitrogen and oxygen atoms in total. The van der Waals surface area contributed by atoms with Crippen molar-refractivity contribution in [2.45, 2.75) is 26.3 Å². The van der Waals surface area contributed by atoms with Crippen molar-refractivity contribution in [3.8, 4) is 5.75 Å². The molecule has 0 radical (unpaired) electrons. The van der Waals surface area contributed by atoms with Crippen LogP contribution in [-0.2, 0) is 0 Å². The van der Waals surface area contributed by atoms with E-state index in [2.05, 4.69) is 26.1 Å². The van der Waals surface area contributed by atoms with Crippen LogP contribution in [0.4, 0.5) is 17.3 Å². The first kappa shape index (κ1) is 17.3. The van der Waals surface area contributed by atoms with E-state index in [0.29, 0.717) is 28.6 Å². The molecule has 2 rings (SSSR count). The minimum absolute atomic E-state index is 0.202. The fourth-order valence-electron chi connectivity index (χ4n) is 1.88. The molecule has 0 aliphatic heterocycles. The van der Waals surface area contributed by atoms with Crippen LogP contribution in [0.2, 0.25) is 0 Å². The van der Waals surface area contributed by atoms with Gasteiger partial charge in [-0.1, -0.05) is 0 Å². The van der Waals surface area contributed by atoms with Gasteiger partial charge in [-0.15, -0.1) is 0 Å². The predicted molar refractivity (Wildman–Crippen MR) is 93.9 cm³/mol. The summed E-state index contributed by atoms with van der Waals surface area (Å²) in [6.07, 6.45) is 1.37. The van der Waals surface area contributed by atoms with Crippen LogP contribution in [0.1, 0.15) is 31.1 Å². The molecule has 0 aliphatic carbocycles. The molecule has 0 atom stereocenters. The zero-order valence-corrected chi connectivity index (χ0v) is 14.2. The number of hydrogen-bond acceptors (Lipinski definition) is 7. The topological polar surface area (TPSA) is 114 Å². The molecule has 1 amide bonds. The average Bonchev–Trinajstić information content (AvgIpc) is 2.54. The first-order chi connectivity index (χ1) is 11.3. The Hall–Kier alpha value is -3.03. The molecule has 24 heavy (non-hydrogen) atoms. The highest BCUT2D eigenvalue weighted by Crippen LogP contribution is 2.24. The molecule has 1 aromatic carbocycles. The van der Waals surface area contributed by atoms with Crippen molar-refractivity contribution in [2.24, 2.45) is 0 Å². The molecule has 8 heteroatoms. The molecule has 0 unspecified atom stereocenters. The van der Waals surface area contributed by atoms with Gasteiger partial charge in [0.1, 0.15) is 17.8 Å². The van der Waals surface area contributed by atoms with Gasteiger partial charge in [0.15, 0.2) is 11.6 Å². The van der Waals surface area contributed by atoms with Gasteiger partial charge in [0.05, 0.1) is 7.11 Å². The van der Waals surface area contributed by atoms with Crippen LogP contribution in [0, 0.1) is 0 Å². The van der Waals surface area contributed by atoms with Gasteiger partial charge in [-0.2, -0.15) is 0 Å². The lowest BCUT2D eigenvalue weighted by molar-refractivity contribution is 0.0962. The highest BCUT2D eigenvalue weighted by molar-refractivity contribution is 5.95. The molecular weight excluding hydrogens is 308 g/mol. The number of carbonyl (C=O) groups is 1. The van der Waals surface area contributed by atoms with Crippen molar-refractivity contribution in [3.05, 3.63) is 36.2 Å². The third-order valence-electron chi connectivity index (χ3n) is 3.02. The zero-order valence-electron chi connectivity index (χ0n) is 14.2. The maximum Gasteiger partial charge on any atom is 0.269 e. The average molecular weight is 330 g/mol. The number of hydrazine groups is 1. The maximum atomic E-state index is 12.1. The monoisotopic (exact) mass is 330 g/mol. The van der Waals surface area contributed by atoms with Crippen LogP contribution in [0.25, 0.3) is 0 Å². The SMILES string of the molecule is COc1ccc(C(=O)NNc2ncnc(NC(C)(C)C)c2N)cc1. The first-order valence-electron chi connectivity index (χ1n) is 7.39. The number of rotatable bonds is 5. The fourth-order valence-corrected chi connectivity index (χ4v) is 1.88. The summed E-state index contributed by atoms with van der Waals surface area (Å²) in [7, 11) is 1.57. The highest BCUT2D eigenvalue weighted by Gasteiger charge is 2.15. The van der Waals surface area contributed by atoms with Gasteiger partial charge in [-0.3, -0.25) is 15.6 Å². The van der Waals surface area contributed by atoms with Gasteiger partial charge in [0.25, 0.3) is 5.91 Å². The number of carbonyl (C=O) groups excluding carboxylic acids is 1. The quantitative estimate of drug-likeness (QED) is 0.620. The van der Waals surface area contributed by atoms with Gasteiger partial charge in [-0.05, 0) is 45.0 Å². The first-order valence-corrected chi connectivity index (χ1v) is 7.39. The molecule has 5 N–H and O–H groups in total. The van der Waals surface area contributed by atoms with Crippen molar-refractivity contribution in [1.29, 1.82) is 0 Å². The summed E-state index contributed by atoms with van der Waals surface area (Å²) in [6.45, 7) is 5.98. The van der Waals surface area contributed by atoms with E-state index in [1.165, 1.54) is 6.33 Å². The third-order valence-corrected chi connectivity index (χ3v) is 3.02. The lowest BCUT2D eigenvalue weighted by Gasteiger charge is -2.22.